The number of methoxy groups -OCH3 is 1. The summed E-state index contributed by atoms with van der Waals surface area (Å²) in [5, 5.41) is 3.13. The first-order chi connectivity index (χ1) is 9.63. The predicted octanol–water partition coefficient (Wildman–Crippen LogP) is 1.44. The van der Waals surface area contributed by atoms with Crippen LogP contribution in [0.25, 0.3) is 0 Å². The van der Waals surface area contributed by atoms with E-state index in [0.717, 1.165) is 18.4 Å². The Labute approximate surface area is 131 Å². The molecule has 21 heavy (non-hydrogen) atoms. The molecule has 0 unspecified atom stereocenters. The molecule has 0 bridgehead atoms. The number of primary amides is 1. The van der Waals surface area contributed by atoms with Crippen LogP contribution in [0, 0.1) is 0 Å². The summed E-state index contributed by atoms with van der Waals surface area (Å²) in [5.74, 6) is -0.567. The lowest BCUT2D eigenvalue weighted by Crippen LogP contribution is -2.43. The molecule has 0 aliphatic carbocycles. The zero-order chi connectivity index (χ0) is 14.8. The Bertz CT molecular complexity index is 426. The number of unbranched alkanes of at least 4 members (excludes halogenated alkanes) is 1. The summed E-state index contributed by atoms with van der Waals surface area (Å²) in [6.45, 7) is 0.650. The molecule has 0 saturated heterocycles. The maximum Gasteiger partial charge on any atom is 0.305 e. The first-order valence-electron chi connectivity index (χ1n) is 6.77. The summed E-state index contributed by atoms with van der Waals surface area (Å²) in [5.41, 5.74) is 6.46. The van der Waals surface area contributed by atoms with Gasteiger partial charge in [-0.25, -0.2) is 0 Å². The minimum absolute atomic E-state index is 0. The Balaban J connectivity index is 0.00000400. The van der Waals surface area contributed by atoms with Crippen LogP contribution in [0.3, 0.4) is 0 Å². The molecule has 3 N–H and O–H groups in total. The van der Waals surface area contributed by atoms with Crippen molar-refractivity contribution in [3.05, 3.63) is 35.9 Å². The largest absolute Gasteiger partial charge is 0.469 e. The number of carbonyl (C=O) groups excluding carboxylic acids is 2. The number of nitrogens with one attached hydrogen (secondary N) is 1. The molecular formula is C15H23ClN2O3. The van der Waals surface area contributed by atoms with Gasteiger partial charge in [-0.05, 0) is 31.4 Å². The SMILES string of the molecule is COC(=O)CCCCN[C@@H](Cc1ccccc1)C(N)=O.Cl. The van der Waals surface area contributed by atoms with Crippen molar-refractivity contribution in [2.45, 2.75) is 31.7 Å². The highest BCUT2D eigenvalue weighted by Gasteiger charge is 2.14. The van der Waals surface area contributed by atoms with E-state index < -0.39 is 0 Å². The summed E-state index contributed by atoms with van der Waals surface area (Å²) in [6.07, 6.45) is 2.51. The minimum atomic E-state index is -0.379. The molecule has 0 aliphatic rings. The highest BCUT2D eigenvalue weighted by atomic mass is 35.5. The maximum absolute atomic E-state index is 11.4. The smallest absolute Gasteiger partial charge is 0.305 e. The molecule has 0 aromatic heterocycles. The van der Waals surface area contributed by atoms with Crippen LogP contribution >= 0.6 is 12.4 Å². The number of hydrogen-bond acceptors (Lipinski definition) is 4. The molecule has 6 heteroatoms. The van der Waals surface area contributed by atoms with E-state index in [-0.39, 0.29) is 30.3 Å². The van der Waals surface area contributed by atoms with Crippen LogP contribution in [-0.2, 0) is 20.7 Å². The molecule has 1 amide bonds. The highest BCUT2D eigenvalue weighted by molar-refractivity contribution is 5.85. The van der Waals surface area contributed by atoms with E-state index >= 15 is 0 Å². The standard InChI is InChI=1S/C15H22N2O3.ClH/c1-20-14(18)9-5-6-10-17-13(15(16)19)11-12-7-3-2-4-8-12;/h2-4,7-8,13,17H,5-6,9-11H2,1H3,(H2,16,19);1H/t13-;/m0./s1. The first-order valence-corrected chi connectivity index (χ1v) is 6.77. The van der Waals surface area contributed by atoms with E-state index in [1.807, 2.05) is 30.3 Å². The molecule has 1 aromatic carbocycles. The molecule has 0 heterocycles. The Kier molecular flexibility index (Phi) is 10.3. The van der Waals surface area contributed by atoms with Gasteiger partial charge in [0.05, 0.1) is 13.2 Å². The molecule has 1 atom stereocenters. The van der Waals surface area contributed by atoms with Crippen LogP contribution in [0.2, 0.25) is 0 Å². The Hall–Kier alpha value is -1.59. The van der Waals surface area contributed by atoms with Crippen LogP contribution in [-0.4, -0.2) is 31.6 Å². The van der Waals surface area contributed by atoms with E-state index in [4.69, 9.17) is 5.73 Å². The van der Waals surface area contributed by atoms with Gasteiger partial charge < -0.3 is 15.8 Å². The van der Waals surface area contributed by atoms with Gasteiger partial charge in [0.15, 0.2) is 0 Å². The van der Waals surface area contributed by atoms with Gasteiger partial charge in [0.2, 0.25) is 5.91 Å². The normalized spacial score (nSPS) is 11.3. The topological polar surface area (TPSA) is 81.4 Å². The van der Waals surface area contributed by atoms with Crippen LogP contribution in [0.1, 0.15) is 24.8 Å². The van der Waals surface area contributed by atoms with Crippen LogP contribution < -0.4 is 11.1 Å². The quantitative estimate of drug-likeness (QED) is 0.534. The summed E-state index contributed by atoms with van der Waals surface area (Å²) < 4.78 is 4.56. The van der Waals surface area contributed by atoms with Crippen molar-refractivity contribution in [3.63, 3.8) is 0 Å². The number of halogens is 1. The Morgan fingerprint density at radius 2 is 1.90 bits per heavy atom. The number of rotatable bonds is 9. The Morgan fingerprint density at radius 3 is 2.48 bits per heavy atom. The van der Waals surface area contributed by atoms with Gasteiger partial charge in [0.25, 0.3) is 0 Å². The molecule has 0 saturated carbocycles. The average Bonchev–Trinajstić information content (AvgIpc) is 2.46. The molecule has 0 fully saturated rings. The van der Waals surface area contributed by atoms with Crippen molar-refractivity contribution < 1.29 is 14.3 Å². The molecule has 1 rings (SSSR count). The van der Waals surface area contributed by atoms with Crippen molar-refractivity contribution in [2.75, 3.05) is 13.7 Å². The van der Waals surface area contributed by atoms with Crippen molar-refractivity contribution in [3.8, 4) is 0 Å². The number of amides is 1. The fourth-order valence-corrected chi connectivity index (χ4v) is 1.90. The van der Waals surface area contributed by atoms with Crippen molar-refractivity contribution >= 4 is 24.3 Å². The number of nitrogens with two attached hydrogens (primary N) is 1. The predicted molar refractivity (Wildman–Crippen MR) is 84.2 cm³/mol. The number of esters is 1. The van der Waals surface area contributed by atoms with Gasteiger partial charge in [0, 0.05) is 6.42 Å². The molecule has 118 valence electrons. The number of hydrogen-bond donors (Lipinski definition) is 2. The molecule has 1 aromatic rings. The summed E-state index contributed by atoms with van der Waals surface area (Å²) in [6, 6.07) is 9.36. The van der Waals surface area contributed by atoms with Gasteiger partial charge in [0.1, 0.15) is 0 Å². The Morgan fingerprint density at radius 1 is 1.24 bits per heavy atom. The van der Waals surface area contributed by atoms with Crippen LogP contribution in [0.5, 0.6) is 0 Å². The third-order valence-electron chi connectivity index (χ3n) is 3.05. The molecule has 0 radical (unpaired) electrons. The monoisotopic (exact) mass is 314 g/mol. The first kappa shape index (κ1) is 19.4. The van der Waals surface area contributed by atoms with Crippen molar-refractivity contribution in [1.82, 2.24) is 5.32 Å². The van der Waals surface area contributed by atoms with Crippen molar-refractivity contribution in [1.29, 1.82) is 0 Å². The van der Waals surface area contributed by atoms with E-state index in [9.17, 15) is 9.59 Å². The fourth-order valence-electron chi connectivity index (χ4n) is 1.90. The summed E-state index contributed by atoms with van der Waals surface area (Å²) in [4.78, 5) is 22.3. The zero-order valence-electron chi connectivity index (χ0n) is 12.2. The molecule has 5 nitrogen and oxygen atoms in total. The van der Waals surface area contributed by atoms with Gasteiger partial charge in [-0.15, -0.1) is 12.4 Å². The number of benzene rings is 1. The van der Waals surface area contributed by atoms with Gasteiger partial charge in [-0.1, -0.05) is 30.3 Å². The van der Waals surface area contributed by atoms with Crippen molar-refractivity contribution in [2.24, 2.45) is 5.73 Å². The third-order valence-corrected chi connectivity index (χ3v) is 3.05. The zero-order valence-corrected chi connectivity index (χ0v) is 13.0. The fraction of sp³-hybridized carbons (Fsp3) is 0.467. The van der Waals surface area contributed by atoms with Crippen LogP contribution in [0.15, 0.2) is 30.3 Å². The van der Waals surface area contributed by atoms with E-state index in [1.54, 1.807) is 0 Å². The van der Waals surface area contributed by atoms with E-state index in [2.05, 4.69) is 10.1 Å². The number of ether oxygens (including phenoxy) is 1. The van der Waals surface area contributed by atoms with E-state index in [1.165, 1.54) is 7.11 Å². The maximum atomic E-state index is 11.4. The molecule has 0 spiro atoms. The second kappa shape index (κ2) is 11.1. The number of carbonyl (C=O) groups is 2. The summed E-state index contributed by atoms with van der Waals surface area (Å²) >= 11 is 0. The lowest BCUT2D eigenvalue weighted by atomic mass is 10.1. The highest BCUT2D eigenvalue weighted by Crippen LogP contribution is 2.03. The van der Waals surface area contributed by atoms with E-state index in [0.29, 0.717) is 19.4 Å². The lowest BCUT2D eigenvalue weighted by molar-refractivity contribution is -0.140. The van der Waals surface area contributed by atoms with Gasteiger partial charge >= 0.3 is 5.97 Å². The minimum Gasteiger partial charge on any atom is -0.469 e. The second-order valence-electron chi connectivity index (χ2n) is 4.63. The van der Waals surface area contributed by atoms with Gasteiger partial charge in [-0.3, -0.25) is 9.59 Å². The lowest BCUT2D eigenvalue weighted by Gasteiger charge is -2.15. The average molecular weight is 315 g/mol. The summed E-state index contributed by atoms with van der Waals surface area (Å²) in [7, 11) is 1.38. The third kappa shape index (κ3) is 8.32. The van der Waals surface area contributed by atoms with Gasteiger partial charge in [-0.2, -0.15) is 0 Å². The van der Waals surface area contributed by atoms with Crippen LogP contribution in [0.4, 0.5) is 0 Å². The molecule has 0 aliphatic heterocycles. The molecular weight excluding hydrogens is 292 g/mol. The second-order valence-corrected chi connectivity index (χ2v) is 4.63.